The largest absolute Gasteiger partial charge is 0.220 e. The number of allylic oxidation sites excluding steroid dienone is 2. The Bertz CT molecular complexity index is 594. The van der Waals surface area contributed by atoms with Crippen LogP contribution < -0.4 is 0 Å². The summed E-state index contributed by atoms with van der Waals surface area (Å²) >= 11 is 8.53. The first kappa shape index (κ1) is 14.4. The maximum Gasteiger partial charge on any atom is 0.110 e. The molecule has 0 bridgehead atoms. The molecule has 3 heteroatoms. The van der Waals surface area contributed by atoms with E-state index in [1.54, 1.807) is 0 Å². The summed E-state index contributed by atoms with van der Waals surface area (Å²) in [6.07, 6.45) is 4.25. The lowest BCUT2D eigenvalue weighted by molar-refractivity contribution is 0.632. The first-order valence-electron chi connectivity index (χ1n) is 6.18. The Morgan fingerprint density at radius 1 is 1.26 bits per heavy atom. The zero-order chi connectivity index (χ0) is 14.0. The van der Waals surface area contributed by atoms with Gasteiger partial charge in [0.1, 0.15) is 5.54 Å². The number of aliphatic imine (C=N–C) groups is 1. The van der Waals surface area contributed by atoms with Crippen LogP contribution in [0.15, 0.2) is 47.0 Å². The molecule has 19 heavy (non-hydrogen) atoms. The Balaban J connectivity index is 2.64. The van der Waals surface area contributed by atoms with Crippen molar-refractivity contribution in [3.8, 4) is 0 Å². The molecule has 2 unspecified atom stereocenters. The van der Waals surface area contributed by atoms with Gasteiger partial charge in [-0.05, 0) is 49.7 Å². The lowest BCUT2D eigenvalue weighted by Gasteiger charge is -2.35. The van der Waals surface area contributed by atoms with Gasteiger partial charge in [0.15, 0.2) is 0 Å². The van der Waals surface area contributed by atoms with Crippen LogP contribution in [0.5, 0.6) is 0 Å². The van der Waals surface area contributed by atoms with Gasteiger partial charge in [-0.1, -0.05) is 57.9 Å². The van der Waals surface area contributed by atoms with Crippen molar-refractivity contribution in [1.82, 2.24) is 0 Å². The second kappa shape index (κ2) is 5.54. The van der Waals surface area contributed by atoms with E-state index >= 15 is 0 Å². The van der Waals surface area contributed by atoms with Crippen LogP contribution in [-0.2, 0) is 0 Å². The molecule has 1 aromatic carbocycles. The maximum absolute atomic E-state index is 4.84. The number of hydrogen-bond donors (Lipinski definition) is 0. The highest BCUT2D eigenvalue weighted by Crippen LogP contribution is 2.42. The van der Waals surface area contributed by atoms with E-state index in [0.29, 0.717) is 0 Å². The monoisotopic (exact) mass is 333 g/mol. The number of benzene rings is 1. The molecule has 0 heterocycles. The summed E-state index contributed by atoms with van der Waals surface area (Å²) in [4.78, 5) is 4.56. The van der Waals surface area contributed by atoms with Crippen molar-refractivity contribution in [3.05, 3.63) is 53.1 Å². The summed E-state index contributed by atoms with van der Waals surface area (Å²) in [6.45, 7) is 6.29. The van der Waals surface area contributed by atoms with Crippen LogP contribution >= 0.6 is 28.1 Å². The van der Waals surface area contributed by atoms with Crippen molar-refractivity contribution in [2.24, 2.45) is 4.99 Å². The van der Waals surface area contributed by atoms with Gasteiger partial charge in [0.25, 0.3) is 0 Å². The summed E-state index contributed by atoms with van der Waals surface area (Å²) in [7, 11) is 0. The highest BCUT2D eigenvalue weighted by Gasteiger charge is 2.38. The molecular formula is C16H16BrNS. The fourth-order valence-electron chi connectivity index (χ4n) is 2.49. The molecule has 1 aliphatic rings. The molecule has 0 radical (unpaired) electrons. The third-order valence-electron chi connectivity index (χ3n) is 3.57. The molecule has 1 aliphatic carbocycles. The standard InChI is InChI=1S/C16H16BrNS/c1-11-4-7-13(8-5-11)15-12(2)6-9-14(17)16(15,3)18-10-19/h4-9,14H,1-3H3. The summed E-state index contributed by atoms with van der Waals surface area (Å²) in [5.41, 5.74) is 4.46. The Labute approximate surface area is 128 Å². The van der Waals surface area contributed by atoms with Gasteiger partial charge < -0.3 is 0 Å². The zero-order valence-corrected chi connectivity index (χ0v) is 13.7. The molecule has 0 aromatic heterocycles. The minimum absolute atomic E-state index is 0.121. The van der Waals surface area contributed by atoms with Crippen molar-refractivity contribution in [2.75, 3.05) is 0 Å². The average Bonchev–Trinajstić information content (AvgIpc) is 2.37. The molecule has 2 rings (SSSR count). The van der Waals surface area contributed by atoms with E-state index in [2.05, 4.69) is 83.3 Å². The quantitative estimate of drug-likeness (QED) is 0.423. The van der Waals surface area contributed by atoms with Crippen molar-refractivity contribution in [1.29, 1.82) is 0 Å². The number of alkyl halides is 1. The SMILES string of the molecule is CC1=C(c2ccc(C)cc2)C(C)(N=C=S)C(Br)C=C1. The van der Waals surface area contributed by atoms with Gasteiger partial charge in [-0.25, -0.2) is 4.99 Å². The summed E-state index contributed by atoms with van der Waals surface area (Å²) < 4.78 is 0. The van der Waals surface area contributed by atoms with Crippen LogP contribution in [0, 0.1) is 6.92 Å². The Kier molecular flexibility index (Phi) is 4.19. The second-order valence-corrected chi connectivity index (χ2v) is 6.20. The molecule has 1 aromatic rings. The molecule has 0 amide bonds. The number of rotatable bonds is 2. The minimum atomic E-state index is -0.407. The van der Waals surface area contributed by atoms with Crippen LogP contribution in [0.1, 0.15) is 25.0 Å². The molecule has 0 aliphatic heterocycles. The number of thiocarbonyl (C=S) groups is 1. The van der Waals surface area contributed by atoms with Gasteiger partial charge in [0.05, 0.1) is 9.99 Å². The van der Waals surface area contributed by atoms with Gasteiger partial charge in [0.2, 0.25) is 0 Å². The Morgan fingerprint density at radius 2 is 1.89 bits per heavy atom. The van der Waals surface area contributed by atoms with E-state index < -0.39 is 5.54 Å². The predicted molar refractivity (Wildman–Crippen MR) is 89.1 cm³/mol. The van der Waals surface area contributed by atoms with Crippen LogP contribution in [0.25, 0.3) is 5.57 Å². The van der Waals surface area contributed by atoms with Gasteiger partial charge in [0, 0.05) is 0 Å². The van der Waals surface area contributed by atoms with Crippen molar-refractivity contribution in [2.45, 2.75) is 31.1 Å². The summed E-state index contributed by atoms with van der Waals surface area (Å²) in [6, 6.07) is 8.53. The molecule has 0 N–H and O–H groups in total. The maximum atomic E-state index is 4.84. The third kappa shape index (κ3) is 2.64. The molecule has 98 valence electrons. The van der Waals surface area contributed by atoms with Crippen LogP contribution in [0.2, 0.25) is 0 Å². The highest BCUT2D eigenvalue weighted by molar-refractivity contribution is 9.09. The lowest BCUT2D eigenvalue weighted by Crippen LogP contribution is -2.36. The predicted octanol–water partition coefficient (Wildman–Crippen LogP) is 4.96. The molecule has 2 atom stereocenters. The third-order valence-corrected chi connectivity index (χ3v) is 4.86. The topological polar surface area (TPSA) is 12.4 Å². The smallest absolute Gasteiger partial charge is 0.110 e. The normalized spacial score (nSPS) is 26.2. The average molecular weight is 334 g/mol. The fourth-order valence-corrected chi connectivity index (χ4v) is 3.16. The molecule has 0 fully saturated rings. The first-order chi connectivity index (χ1) is 8.99. The fraction of sp³-hybridized carbons (Fsp3) is 0.312. The van der Waals surface area contributed by atoms with Crippen molar-refractivity contribution < 1.29 is 0 Å². The lowest BCUT2D eigenvalue weighted by atomic mass is 9.78. The number of isothiocyanates is 1. The van der Waals surface area contributed by atoms with Crippen molar-refractivity contribution in [3.63, 3.8) is 0 Å². The molecule has 0 spiro atoms. The van der Waals surface area contributed by atoms with Gasteiger partial charge in [-0.3, -0.25) is 0 Å². The van der Waals surface area contributed by atoms with Crippen LogP contribution in [-0.4, -0.2) is 15.5 Å². The first-order valence-corrected chi connectivity index (χ1v) is 7.51. The van der Waals surface area contributed by atoms with E-state index in [1.807, 2.05) is 0 Å². The van der Waals surface area contributed by atoms with E-state index in [1.165, 1.54) is 22.3 Å². The Morgan fingerprint density at radius 3 is 2.47 bits per heavy atom. The molecular weight excluding hydrogens is 318 g/mol. The molecule has 0 saturated heterocycles. The summed E-state index contributed by atoms with van der Waals surface area (Å²) in [5.74, 6) is 0. The number of nitrogens with zero attached hydrogens (tertiary/aromatic N) is 1. The second-order valence-electron chi connectivity index (χ2n) is 5.04. The van der Waals surface area contributed by atoms with Gasteiger partial charge in [-0.2, -0.15) is 0 Å². The Hall–Kier alpha value is -1.02. The minimum Gasteiger partial charge on any atom is -0.220 e. The number of halogens is 1. The summed E-state index contributed by atoms with van der Waals surface area (Å²) in [5, 5.41) is 2.55. The zero-order valence-electron chi connectivity index (χ0n) is 11.3. The van der Waals surface area contributed by atoms with E-state index in [4.69, 9.17) is 12.2 Å². The number of aryl methyl sites for hydroxylation is 1. The van der Waals surface area contributed by atoms with E-state index in [0.717, 1.165) is 0 Å². The van der Waals surface area contributed by atoms with Gasteiger partial charge >= 0.3 is 0 Å². The van der Waals surface area contributed by atoms with E-state index in [-0.39, 0.29) is 4.83 Å². The van der Waals surface area contributed by atoms with Crippen LogP contribution in [0.3, 0.4) is 0 Å². The van der Waals surface area contributed by atoms with Gasteiger partial charge in [-0.15, -0.1) is 0 Å². The van der Waals surface area contributed by atoms with Crippen molar-refractivity contribution >= 4 is 38.9 Å². The molecule has 1 nitrogen and oxygen atoms in total. The molecule has 0 saturated carbocycles. The number of hydrogen-bond acceptors (Lipinski definition) is 2. The van der Waals surface area contributed by atoms with Crippen LogP contribution in [0.4, 0.5) is 0 Å². The van der Waals surface area contributed by atoms with E-state index in [9.17, 15) is 0 Å². The highest BCUT2D eigenvalue weighted by atomic mass is 79.9.